The van der Waals surface area contributed by atoms with Crippen LogP contribution in [0.15, 0.2) is 12.2 Å². The van der Waals surface area contributed by atoms with Crippen molar-refractivity contribution in [3.8, 4) is 0 Å². The first-order valence-electron chi connectivity index (χ1n) is 6.25. The minimum absolute atomic E-state index is 0.269. The summed E-state index contributed by atoms with van der Waals surface area (Å²) < 4.78 is 0. The molecule has 0 heterocycles. The number of carboxylic acids is 1. The second kappa shape index (κ2) is 12.2. The maximum absolute atomic E-state index is 10.2. The minimum atomic E-state index is -0.711. The van der Waals surface area contributed by atoms with Crippen molar-refractivity contribution in [3.05, 3.63) is 12.2 Å². The number of unbranched alkanes of at least 4 members (excludes halogenated alkanes) is 6. The summed E-state index contributed by atoms with van der Waals surface area (Å²) in [6, 6.07) is 0. The molecule has 3 nitrogen and oxygen atoms in total. The van der Waals surface area contributed by atoms with E-state index in [9.17, 15) is 4.79 Å². The van der Waals surface area contributed by atoms with Crippen molar-refractivity contribution in [2.45, 2.75) is 57.8 Å². The van der Waals surface area contributed by atoms with Gasteiger partial charge in [-0.25, -0.2) is 0 Å². The molecule has 0 radical (unpaired) electrons. The molecule has 0 aliphatic carbocycles. The van der Waals surface area contributed by atoms with Crippen LogP contribution in [0.3, 0.4) is 0 Å². The summed E-state index contributed by atoms with van der Waals surface area (Å²) >= 11 is 0. The summed E-state index contributed by atoms with van der Waals surface area (Å²) in [6.45, 7) is 0.309. The Balaban J connectivity index is 3.06. The molecule has 0 bridgehead atoms. The van der Waals surface area contributed by atoms with Crippen LogP contribution >= 0.6 is 0 Å². The van der Waals surface area contributed by atoms with Crippen LogP contribution in [0.4, 0.5) is 0 Å². The molecule has 0 aromatic rings. The summed E-state index contributed by atoms with van der Waals surface area (Å²) in [5, 5.41) is 17.0. The van der Waals surface area contributed by atoms with Crippen LogP contribution < -0.4 is 0 Å². The van der Waals surface area contributed by atoms with Crippen molar-refractivity contribution < 1.29 is 15.0 Å². The largest absolute Gasteiger partial charge is 0.481 e. The Labute approximate surface area is 98.2 Å². The predicted octanol–water partition coefficient (Wildman–Crippen LogP) is 3.13. The Morgan fingerprint density at radius 3 is 2.06 bits per heavy atom. The van der Waals surface area contributed by atoms with Gasteiger partial charge in [-0.2, -0.15) is 0 Å². The topological polar surface area (TPSA) is 57.5 Å². The lowest BCUT2D eigenvalue weighted by Gasteiger charge is -1.97. The third-order valence-electron chi connectivity index (χ3n) is 2.46. The second-order valence-electron chi connectivity index (χ2n) is 4.04. The van der Waals surface area contributed by atoms with Gasteiger partial charge in [0.25, 0.3) is 0 Å². The number of hydrogen-bond donors (Lipinski definition) is 2. The summed E-state index contributed by atoms with van der Waals surface area (Å²) in [7, 11) is 0. The molecule has 0 saturated heterocycles. The van der Waals surface area contributed by atoms with Gasteiger partial charge < -0.3 is 10.2 Å². The second-order valence-corrected chi connectivity index (χ2v) is 4.04. The molecule has 0 aliphatic heterocycles. The molecule has 0 aliphatic rings. The summed E-state index contributed by atoms with van der Waals surface area (Å²) in [5.41, 5.74) is 0. The molecule has 0 aromatic heterocycles. The van der Waals surface area contributed by atoms with Crippen LogP contribution in [-0.4, -0.2) is 22.8 Å². The van der Waals surface area contributed by atoms with Crippen molar-refractivity contribution in [2.75, 3.05) is 6.61 Å². The van der Waals surface area contributed by atoms with E-state index in [0.717, 1.165) is 32.1 Å². The molecule has 2 N–H and O–H groups in total. The standard InChI is InChI=1S/C13H24O3/c14-12-10-8-6-4-2-1-3-5-7-9-11-13(15)16/h3,5,14H,1-2,4,6-12H2,(H,15,16). The van der Waals surface area contributed by atoms with Crippen molar-refractivity contribution in [3.63, 3.8) is 0 Å². The van der Waals surface area contributed by atoms with Crippen LogP contribution in [-0.2, 0) is 4.79 Å². The van der Waals surface area contributed by atoms with E-state index in [1.54, 1.807) is 0 Å². The van der Waals surface area contributed by atoms with E-state index in [1.165, 1.54) is 19.3 Å². The first kappa shape index (κ1) is 15.2. The number of aliphatic hydroxyl groups is 1. The van der Waals surface area contributed by atoms with Crippen molar-refractivity contribution >= 4 is 5.97 Å². The normalized spacial score (nSPS) is 11.1. The molecule has 3 heteroatoms. The van der Waals surface area contributed by atoms with Gasteiger partial charge in [0.05, 0.1) is 0 Å². The Kier molecular flexibility index (Phi) is 11.6. The maximum Gasteiger partial charge on any atom is 0.303 e. The summed E-state index contributed by atoms with van der Waals surface area (Å²) in [5.74, 6) is -0.711. The van der Waals surface area contributed by atoms with Crippen LogP contribution in [0, 0.1) is 0 Å². The monoisotopic (exact) mass is 228 g/mol. The van der Waals surface area contributed by atoms with Gasteiger partial charge in [-0.1, -0.05) is 31.4 Å². The Bertz CT molecular complexity index is 188. The zero-order valence-electron chi connectivity index (χ0n) is 10.0. The van der Waals surface area contributed by atoms with Gasteiger partial charge in [0, 0.05) is 13.0 Å². The van der Waals surface area contributed by atoms with E-state index >= 15 is 0 Å². The highest BCUT2D eigenvalue weighted by molar-refractivity contribution is 5.66. The van der Waals surface area contributed by atoms with E-state index in [4.69, 9.17) is 10.2 Å². The Morgan fingerprint density at radius 1 is 0.875 bits per heavy atom. The third-order valence-corrected chi connectivity index (χ3v) is 2.46. The van der Waals surface area contributed by atoms with E-state index in [-0.39, 0.29) is 6.42 Å². The smallest absolute Gasteiger partial charge is 0.303 e. The van der Waals surface area contributed by atoms with E-state index < -0.39 is 5.97 Å². The van der Waals surface area contributed by atoms with Gasteiger partial charge in [0.1, 0.15) is 0 Å². The van der Waals surface area contributed by atoms with Gasteiger partial charge in [-0.15, -0.1) is 0 Å². The van der Waals surface area contributed by atoms with Crippen LogP contribution in [0.5, 0.6) is 0 Å². The lowest BCUT2D eigenvalue weighted by atomic mass is 10.1. The molecule has 0 atom stereocenters. The molecule has 0 fully saturated rings. The molecular weight excluding hydrogens is 204 g/mol. The van der Waals surface area contributed by atoms with E-state index in [2.05, 4.69) is 12.2 Å². The highest BCUT2D eigenvalue weighted by Gasteiger charge is 1.93. The number of allylic oxidation sites excluding steroid dienone is 2. The zero-order valence-corrected chi connectivity index (χ0v) is 10.0. The predicted molar refractivity (Wildman–Crippen MR) is 65.4 cm³/mol. The van der Waals surface area contributed by atoms with Gasteiger partial charge in [-0.3, -0.25) is 4.79 Å². The number of aliphatic hydroxyl groups excluding tert-OH is 1. The first-order chi connectivity index (χ1) is 7.77. The van der Waals surface area contributed by atoms with E-state index in [0.29, 0.717) is 6.61 Å². The summed E-state index contributed by atoms with van der Waals surface area (Å²) in [4.78, 5) is 10.2. The number of aliphatic carboxylic acids is 1. The van der Waals surface area contributed by atoms with Crippen LogP contribution in [0.25, 0.3) is 0 Å². The molecular formula is C13H24O3. The fraction of sp³-hybridized carbons (Fsp3) is 0.769. The van der Waals surface area contributed by atoms with Gasteiger partial charge in [-0.05, 0) is 32.1 Å². The van der Waals surface area contributed by atoms with Gasteiger partial charge in [0.2, 0.25) is 0 Å². The SMILES string of the molecule is O=C(O)CCCC=CCCCCCCCO. The van der Waals surface area contributed by atoms with Crippen molar-refractivity contribution in [2.24, 2.45) is 0 Å². The summed E-state index contributed by atoms with van der Waals surface area (Å²) in [6.07, 6.45) is 12.9. The van der Waals surface area contributed by atoms with E-state index in [1.807, 2.05) is 0 Å². The number of carboxylic acid groups (broad SMARTS) is 1. The highest BCUT2D eigenvalue weighted by atomic mass is 16.4. The third kappa shape index (κ3) is 13.2. The van der Waals surface area contributed by atoms with Crippen LogP contribution in [0.1, 0.15) is 57.8 Å². The molecule has 0 amide bonds. The fourth-order valence-electron chi connectivity index (χ4n) is 1.51. The maximum atomic E-state index is 10.2. The number of hydrogen-bond acceptors (Lipinski definition) is 2. The fourth-order valence-corrected chi connectivity index (χ4v) is 1.51. The Hall–Kier alpha value is -0.830. The zero-order chi connectivity index (χ0) is 12.1. The Morgan fingerprint density at radius 2 is 1.44 bits per heavy atom. The lowest BCUT2D eigenvalue weighted by Crippen LogP contribution is -1.92. The molecule has 0 unspecified atom stereocenters. The average molecular weight is 228 g/mol. The molecule has 0 saturated carbocycles. The molecule has 0 aromatic carbocycles. The average Bonchev–Trinajstić information content (AvgIpc) is 2.25. The first-order valence-corrected chi connectivity index (χ1v) is 6.25. The lowest BCUT2D eigenvalue weighted by molar-refractivity contribution is -0.137. The van der Waals surface area contributed by atoms with Gasteiger partial charge >= 0.3 is 5.97 Å². The molecule has 16 heavy (non-hydrogen) atoms. The minimum Gasteiger partial charge on any atom is -0.481 e. The van der Waals surface area contributed by atoms with Crippen molar-refractivity contribution in [1.82, 2.24) is 0 Å². The van der Waals surface area contributed by atoms with Gasteiger partial charge in [0.15, 0.2) is 0 Å². The molecule has 0 spiro atoms. The molecule has 94 valence electrons. The highest BCUT2D eigenvalue weighted by Crippen LogP contribution is 2.06. The quantitative estimate of drug-likeness (QED) is 0.422. The molecule has 0 rings (SSSR count). The van der Waals surface area contributed by atoms with Crippen LogP contribution in [0.2, 0.25) is 0 Å². The number of rotatable bonds is 11. The number of carbonyl (C=O) groups is 1. The van der Waals surface area contributed by atoms with Crippen molar-refractivity contribution in [1.29, 1.82) is 0 Å².